The maximum atomic E-state index is 6.06. The van der Waals surface area contributed by atoms with Gasteiger partial charge in [-0.3, -0.25) is 0 Å². The summed E-state index contributed by atoms with van der Waals surface area (Å²) in [7, 11) is 0. The minimum atomic E-state index is 0.888. The topological polar surface area (TPSA) is 12.0 Å². The number of hydrogen-bond acceptors (Lipinski definition) is 1. The quantitative estimate of drug-likeness (QED) is 0.730. The summed E-state index contributed by atoms with van der Waals surface area (Å²) in [4.78, 5) is 0. The zero-order chi connectivity index (χ0) is 11.1. The molecule has 1 rings (SSSR count). The minimum Gasteiger partial charge on any atom is -0.317 e. The van der Waals surface area contributed by atoms with Crippen LogP contribution in [0.1, 0.15) is 30.9 Å². The van der Waals surface area contributed by atoms with E-state index < -0.39 is 0 Å². The zero-order valence-corrected chi connectivity index (χ0v) is 10.4. The number of rotatable bonds is 6. The molecule has 15 heavy (non-hydrogen) atoms. The Labute approximate surface area is 97.8 Å². The van der Waals surface area contributed by atoms with Crippen molar-refractivity contribution >= 4 is 11.6 Å². The number of aryl methyl sites for hydroxylation is 2. The van der Waals surface area contributed by atoms with Gasteiger partial charge in [-0.2, -0.15) is 0 Å². The van der Waals surface area contributed by atoms with Crippen molar-refractivity contribution in [2.75, 3.05) is 13.1 Å². The van der Waals surface area contributed by atoms with Gasteiger partial charge < -0.3 is 5.32 Å². The number of hydrogen-bond donors (Lipinski definition) is 1. The fourth-order valence-electron chi connectivity index (χ4n) is 1.55. The lowest BCUT2D eigenvalue weighted by Crippen LogP contribution is -2.13. The third kappa shape index (κ3) is 4.67. The van der Waals surface area contributed by atoms with Gasteiger partial charge in [0.2, 0.25) is 0 Å². The molecule has 0 aliphatic rings. The summed E-state index contributed by atoms with van der Waals surface area (Å²) in [6.07, 6.45) is 3.59. The lowest BCUT2D eigenvalue weighted by molar-refractivity contribution is 0.641. The number of unbranched alkanes of at least 4 members (excludes halogenated alkanes) is 1. The normalized spacial score (nSPS) is 10.6. The van der Waals surface area contributed by atoms with Crippen molar-refractivity contribution < 1.29 is 0 Å². The lowest BCUT2D eigenvalue weighted by atomic mass is 10.1. The summed E-state index contributed by atoms with van der Waals surface area (Å²) in [5, 5.41) is 4.22. The zero-order valence-electron chi connectivity index (χ0n) is 9.65. The van der Waals surface area contributed by atoms with Gasteiger partial charge in [0.1, 0.15) is 0 Å². The summed E-state index contributed by atoms with van der Waals surface area (Å²) in [6, 6.07) is 6.36. The van der Waals surface area contributed by atoms with Crippen LogP contribution >= 0.6 is 11.6 Å². The molecule has 0 spiro atoms. The number of nitrogens with one attached hydrogen (secondary N) is 1. The molecule has 0 heterocycles. The van der Waals surface area contributed by atoms with Crippen molar-refractivity contribution in [2.45, 2.75) is 33.1 Å². The van der Waals surface area contributed by atoms with E-state index in [4.69, 9.17) is 11.6 Å². The average molecular weight is 226 g/mol. The van der Waals surface area contributed by atoms with Crippen LogP contribution in [-0.4, -0.2) is 13.1 Å². The van der Waals surface area contributed by atoms with Crippen LogP contribution in [0.4, 0.5) is 0 Å². The first-order valence-electron chi connectivity index (χ1n) is 5.69. The molecule has 0 aliphatic heterocycles. The molecule has 0 saturated heterocycles. The molecular formula is C13H20ClN. The molecule has 1 aromatic rings. The van der Waals surface area contributed by atoms with E-state index in [0.717, 1.165) is 30.1 Å². The Hall–Kier alpha value is -0.530. The third-order valence-corrected chi connectivity index (χ3v) is 2.96. The van der Waals surface area contributed by atoms with Crippen LogP contribution in [0.25, 0.3) is 0 Å². The van der Waals surface area contributed by atoms with Gasteiger partial charge in [-0.25, -0.2) is 0 Å². The van der Waals surface area contributed by atoms with E-state index >= 15 is 0 Å². The fourth-order valence-corrected chi connectivity index (χ4v) is 1.75. The van der Waals surface area contributed by atoms with Gasteiger partial charge in [0.15, 0.2) is 0 Å². The molecule has 0 radical (unpaired) electrons. The second-order valence-corrected chi connectivity index (χ2v) is 4.30. The van der Waals surface area contributed by atoms with Crippen molar-refractivity contribution in [1.29, 1.82) is 0 Å². The predicted octanol–water partition coefficient (Wildman–Crippen LogP) is 3.58. The summed E-state index contributed by atoms with van der Waals surface area (Å²) in [5.41, 5.74) is 2.51. The van der Waals surface area contributed by atoms with Gasteiger partial charge in [0.05, 0.1) is 0 Å². The predicted molar refractivity (Wildman–Crippen MR) is 67.7 cm³/mol. The number of benzene rings is 1. The molecule has 1 nitrogen and oxygen atoms in total. The van der Waals surface area contributed by atoms with Crippen molar-refractivity contribution in [2.24, 2.45) is 0 Å². The highest BCUT2D eigenvalue weighted by molar-refractivity contribution is 6.31. The molecule has 0 amide bonds. The van der Waals surface area contributed by atoms with E-state index in [-0.39, 0.29) is 0 Å². The summed E-state index contributed by atoms with van der Waals surface area (Å²) >= 11 is 6.06. The van der Waals surface area contributed by atoms with E-state index in [1.807, 2.05) is 6.92 Å². The van der Waals surface area contributed by atoms with Gasteiger partial charge in [0, 0.05) is 5.02 Å². The van der Waals surface area contributed by atoms with Crippen LogP contribution in [0, 0.1) is 6.92 Å². The average Bonchev–Trinajstić information content (AvgIpc) is 2.23. The van der Waals surface area contributed by atoms with Crippen LogP contribution in [0.3, 0.4) is 0 Å². The van der Waals surface area contributed by atoms with Gasteiger partial charge >= 0.3 is 0 Å². The molecule has 0 bridgehead atoms. The van der Waals surface area contributed by atoms with E-state index in [0.29, 0.717) is 0 Å². The monoisotopic (exact) mass is 225 g/mol. The van der Waals surface area contributed by atoms with Crippen molar-refractivity contribution in [3.63, 3.8) is 0 Å². The standard InChI is InChI=1S/C13H20ClN/c1-3-15-9-5-4-6-12-8-7-11(2)13(14)10-12/h7-8,10,15H,3-6,9H2,1-2H3. The van der Waals surface area contributed by atoms with Gasteiger partial charge in [-0.05, 0) is 56.5 Å². The minimum absolute atomic E-state index is 0.888. The fraction of sp³-hybridized carbons (Fsp3) is 0.538. The molecule has 0 aromatic heterocycles. The molecular weight excluding hydrogens is 206 g/mol. The molecule has 2 heteroatoms. The molecule has 0 fully saturated rings. The van der Waals surface area contributed by atoms with Crippen molar-refractivity contribution in [3.05, 3.63) is 34.3 Å². The van der Waals surface area contributed by atoms with Gasteiger partial charge in [0.25, 0.3) is 0 Å². The van der Waals surface area contributed by atoms with Crippen LogP contribution in [0.15, 0.2) is 18.2 Å². The van der Waals surface area contributed by atoms with Gasteiger partial charge in [-0.1, -0.05) is 30.7 Å². The molecule has 1 N–H and O–H groups in total. The second kappa shape index (κ2) is 6.86. The first-order valence-corrected chi connectivity index (χ1v) is 6.07. The summed E-state index contributed by atoms with van der Waals surface area (Å²) in [6.45, 7) is 6.36. The van der Waals surface area contributed by atoms with Crippen molar-refractivity contribution in [3.8, 4) is 0 Å². The molecule has 0 unspecified atom stereocenters. The smallest absolute Gasteiger partial charge is 0.0437 e. The Morgan fingerprint density at radius 2 is 2.07 bits per heavy atom. The largest absolute Gasteiger partial charge is 0.317 e. The van der Waals surface area contributed by atoms with E-state index in [1.54, 1.807) is 0 Å². The van der Waals surface area contributed by atoms with Crippen molar-refractivity contribution in [1.82, 2.24) is 5.32 Å². The Morgan fingerprint density at radius 1 is 1.27 bits per heavy atom. The third-order valence-electron chi connectivity index (χ3n) is 2.56. The van der Waals surface area contributed by atoms with Crippen LogP contribution < -0.4 is 5.32 Å². The maximum absolute atomic E-state index is 6.06. The van der Waals surface area contributed by atoms with E-state index in [1.165, 1.54) is 18.4 Å². The van der Waals surface area contributed by atoms with E-state index in [2.05, 4.69) is 30.4 Å². The highest BCUT2D eigenvalue weighted by atomic mass is 35.5. The molecule has 1 aromatic carbocycles. The second-order valence-electron chi connectivity index (χ2n) is 3.89. The molecule has 0 atom stereocenters. The highest BCUT2D eigenvalue weighted by Crippen LogP contribution is 2.17. The lowest BCUT2D eigenvalue weighted by Gasteiger charge is -2.04. The Balaban J connectivity index is 2.28. The Bertz CT molecular complexity index is 297. The van der Waals surface area contributed by atoms with E-state index in [9.17, 15) is 0 Å². The maximum Gasteiger partial charge on any atom is 0.0437 e. The molecule has 0 saturated carbocycles. The van der Waals surface area contributed by atoms with Crippen LogP contribution in [0.5, 0.6) is 0 Å². The first kappa shape index (κ1) is 12.5. The summed E-state index contributed by atoms with van der Waals surface area (Å²) < 4.78 is 0. The van der Waals surface area contributed by atoms with Gasteiger partial charge in [-0.15, -0.1) is 0 Å². The number of halogens is 1. The highest BCUT2D eigenvalue weighted by Gasteiger charge is 1.97. The van der Waals surface area contributed by atoms with Crippen LogP contribution in [0.2, 0.25) is 5.02 Å². The Morgan fingerprint density at radius 3 is 2.73 bits per heavy atom. The SMILES string of the molecule is CCNCCCCc1ccc(C)c(Cl)c1. The molecule has 0 aliphatic carbocycles. The Kier molecular flexibility index (Phi) is 5.74. The van der Waals surface area contributed by atoms with Crippen LogP contribution in [-0.2, 0) is 6.42 Å². The summed E-state index contributed by atoms with van der Waals surface area (Å²) in [5.74, 6) is 0. The first-order chi connectivity index (χ1) is 7.24. The molecule has 84 valence electrons.